The van der Waals surface area contributed by atoms with E-state index in [9.17, 15) is 4.79 Å². The Labute approximate surface area is 165 Å². The SMILES string of the molecule is C=C/C(CCNCc1ccc(/C=C/C(=O)NO)cc1)=c1/[nH]c2c(c1=C)CCC2. The molecule has 0 saturated heterocycles. The third-order valence-electron chi connectivity index (χ3n) is 5.14. The number of allylic oxidation sites excluding steroid dienone is 1. The third kappa shape index (κ3) is 4.68. The zero-order valence-electron chi connectivity index (χ0n) is 16.1. The van der Waals surface area contributed by atoms with Crippen molar-refractivity contribution in [3.63, 3.8) is 0 Å². The van der Waals surface area contributed by atoms with Gasteiger partial charge in [0.25, 0.3) is 5.91 Å². The quantitative estimate of drug-likeness (QED) is 0.246. The van der Waals surface area contributed by atoms with E-state index < -0.39 is 5.91 Å². The van der Waals surface area contributed by atoms with Crippen LogP contribution in [0.2, 0.25) is 0 Å². The Morgan fingerprint density at radius 3 is 2.71 bits per heavy atom. The predicted molar refractivity (Wildman–Crippen MR) is 113 cm³/mol. The number of H-pyrrole nitrogens is 1. The zero-order chi connectivity index (χ0) is 19.9. The highest BCUT2D eigenvalue weighted by Crippen LogP contribution is 2.15. The van der Waals surface area contributed by atoms with E-state index in [0.29, 0.717) is 0 Å². The molecule has 0 fully saturated rings. The molecule has 0 atom stereocenters. The Morgan fingerprint density at radius 1 is 1.25 bits per heavy atom. The van der Waals surface area contributed by atoms with Crippen LogP contribution in [0.1, 0.15) is 35.2 Å². The number of aromatic amines is 1. The van der Waals surface area contributed by atoms with Gasteiger partial charge in [-0.05, 0) is 65.8 Å². The van der Waals surface area contributed by atoms with Crippen molar-refractivity contribution in [1.29, 1.82) is 0 Å². The molecular weight excluding hydrogens is 350 g/mol. The van der Waals surface area contributed by atoms with Gasteiger partial charge in [-0.15, -0.1) is 0 Å². The van der Waals surface area contributed by atoms with Gasteiger partial charge in [0.15, 0.2) is 0 Å². The number of rotatable bonds is 8. The van der Waals surface area contributed by atoms with Crippen LogP contribution in [0.25, 0.3) is 18.2 Å². The highest BCUT2D eigenvalue weighted by Gasteiger charge is 2.14. The van der Waals surface area contributed by atoms with Gasteiger partial charge < -0.3 is 10.3 Å². The van der Waals surface area contributed by atoms with E-state index in [1.54, 1.807) is 11.6 Å². The number of benzene rings is 1. The van der Waals surface area contributed by atoms with Crippen molar-refractivity contribution >= 4 is 24.1 Å². The summed E-state index contributed by atoms with van der Waals surface area (Å²) in [5, 5.41) is 14.2. The molecule has 1 heterocycles. The van der Waals surface area contributed by atoms with Crippen LogP contribution < -0.4 is 21.4 Å². The molecule has 1 aromatic carbocycles. The van der Waals surface area contributed by atoms with Crippen LogP contribution in [-0.2, 0) is 24.2 Å². The Kier molecular flexibility index (Phi) is 6.63. The van der Waals surface area contributed by atoms with Gasteiger partial charge in [0.2, 0.25) is 0 Å². The maximum Gasteiger partial charge on any atom is 0.267 e. The van der Waals surface area contributed by atoms with Crippen LogP contribution in [0.4, 0.5) is 0 Å². The number of amides is 1. The first-order valence-electron chi connectivity index (χ1n) is 9.58. The van der Waals surface area contributed by atoms with Crippen molar-refractivity contribution in [2.75, 3.05) is 6.54 Å². The lowest BCUT2D eigenvalue weighted by molar-refractivity contribution is -0.124. The molecule has 0 unspecified atom stereocenters. The molecule has 0 saturated carbocycles. The van der Waals surface area contributed by atoms with Crippen LogP contribution in [0.3, 0.4) is 0 Å². The largest absolute Gasteiger partial charge is 0.358 e. The van der Waals surface area contributed by atoms with E-state index in [4.69, 9.17) is 5.21 Å². The van der Waals surface area contributed by atoms with Gasteiger partial charge in [-0.3, -0.25) is 10.0 Å². The number of hydrogen-bond acceptors (Lipinski definition) is 3. The fraction of sp³-hybridized carbons (Fsp3) is 0.261. The molecule has 1 aliphatic rings. The Morgan fingerprint density at radius 2 is 2.04 bits per heavy atom. The maximum absolute atomic E-state index is 11.0. The summed E-state index contributed by atoms with van der Waals surface area (Å²) in [4.78, 5) is 14.5. The molecule has 146 valence electrons. The molecule has 4 N–H and O–H groups in total. The van der Waals surface area contributed by atoms with Gasteiger partial charge >= 0.3 is 0 Å². The van der Waals surface area contributed by atoms with Gasteiger partial charge in [0.05, 0.1) is 0 Å². The fourth-order valence-corrected chi connectivity index (χ4v) is 3.61. The number of hydrogen-bond donors (Lipinski definition) is 4. The van der Waals surface area contributed by atoms with Gasteiger partial charge in [0.1, 0.15) is 0 Å². The third-order valence-corrected chi connectivity index (χ3v) is 5.14. The zero-order valence-corrected chi connectivity index (χ0v) is 16.1. The van der Waals surface area contributed by atoms with Crippen molar-refractivity contribution in [2.45, 2.75) is 32.2 Å². The van der Waals surface area contributed by atoms with Gasteiger partial charge in [0, 0.05) is 23.7 Å². The number of hydroxylamine groups is 1. The van der Waals surface area contributed by atoms with Gasteiger partial charge in [-0.1, -0.05) is 43.5 Å². The standard InChI is InChI=1S/C23H27N3O2/c1-3-19(23-16(2)20-5-4-6-21(20)25-23)13-14-24-15-18-9-7-17(8-10-18)11-12-22(27)26-28/h3,7-12,24-25,28H,1-2,4-6,13-15H2,(H,26,27)/b12-11+,23-19-. The Balaban J connectivity index is 1.54. The topological polar surface area (TPSA) is 77.2 Å². The molecule has 5 heteroatoms. The molecular formula is C23H27N3O2. The van der Waals surface area contributed by atoms with Crippen molar-refractivity contribution in [1.82, 2.24) is 15.8 Å². The second kappa shape index (κ2) is 9.35. The van der Waals surface area contributed by atoms with Crippen molar-refractivity contribution < 1.29 is 10.0 Å². The summed E-state index contributed by atoms with van der Waals surface area (Å²) in [6.07, 6.45) is 9.23. The highest BCUT2D eigenvalue weighted by atomic mass is 16.5. The van der Waals surface area contributed by atoms with Crippen molar-refractivity contribution in [3.8, 4) is 0 Å². The predicted octanol–water partition coefficient (Wildman–Crippen LogP) is 1.95. The number of nitrogens with one attached hydrogen (secondary N) is 3. The average molecular weight is 377 g/mol. The average Bonchev–Trinajstić information content (AvgIpc) is 3.30. The lowest BCUT2D eigenvalue weighted by Crippen LogP contribution is -2.27. The van der Waals surface area contributed by atoms with Crippen LogP contribution in [0.5, 0.6) is 0 Å². The van der Waals surface area contributed by atoms with Gasteiger partial charge in [-0.25, -0.2) is 5.48 Å². The molecule has 1 aromatic heterocycles. The minimum absolute atomic E-state index is 0.544. The molecule has 0 bridgehead atoms. The summed E-state index contributed by atoms with van der Waals surface area (Å²) in [7, 11) is 0. The molecule has 1 aliphatic carbocycles. The molecule has 5 nitrogen and oxygen atoms in total. The van der Waals surface area contributed by atoms with Crippen LogP contribution in [0.15, 0.2) is 43.0 Å². The van der Waals surface area contributed by atoms with E-state index >= 15 is 0 Å². The van der Waals surface area contributed by atoms with E-state index in [-0.39, 0.29) is 0 Å². The number of aromatic nitrogens is 1. The summed E-state index contributed by atoms with van der Waals surface area (Å²) in [5.74, 6) is -0.544. The minimum Gasteiger partial charge on any atom is -0.358 e. The Hall–Kier alpha value is -2.89. The highest BCUT2D eigenvalue weighted by molar-refractivity contribution is 5.90. The first kappa shape index (κ1) is 19.9. The molecule has 3 rings (SSSR count). The molecule has 0 spiro atoms. The second-order valence-corrected chi connectivity index (χ2v) is 7.00. The summed E-state index contributed by atoms with van der Waals surface area (Å²) in [6.45, 7) is 9.87. The van der Waals surface area contributed by atoms with E-state index in [1.807, 2.05) is 30.3 Å². The molecule has 1 amide bonds. The number of carbonyl (C=O) groups is 1. The first-order chi connectivity index (χ1) is 13.6. The summed E-state index contributed by atoms with van der Waals surface area (Å²) in [6, 6.07) is 7.92. The summed E-state index contributed by atoms with van der Waals surface area (Å²) >= 11 is 0. The number of fused-ring (bicyclic) bond motifs is 1. The molecule has 2 aromatic rings. The summed E-state index contributed by atoms with van der Waals surface area (Å²) in [5.41, 5.74) is 7.58. The lowest BCUT2D eigenvalue weighted by atomic mass is 10.1. The summed E-state index contributed by atoms with van der Waals surface area (Å²) < 4.78 is 0. The second-order valence-electron chi connectivity index (χ2n) is 7.00. The number of carbonyl (C=O) groups excluding carboxylic acids is 1. The number of aryl methyl sites for hydroxylation is 1. The minimum atomic E-state index is -0.544. The van der Waals surface area contributed by atoms with Crippen LogP contribution >= 0.6 is 0 Å². The van der Waals surface area contributed by atoms with E-state index in [1.165, 1.54) is 34.9 Å². The van der Waals surface area contributed by atoms with Crippen LogP contribution in [-0.4, -0.2) is 22.6 Å². The van der Waals surface area contributed by atoms with Crippen LogP contribution in [0, 0.1) is 0 Å². The fourth-order valence-electron chi connectivity index (χ4n) is 3.61. The van der Waals surface area contributed by atoms with E-state index in [0.717, 1.165) is 48.5 Å². The van der Waals surface area contributed by atoms with Gasteiger partial charge in [-0.2, -0.15) is 0 Å². The lowest BCUT2D eigenvalue weighted by Gasteiger charge is -2.06. The monoisotopic (exact) mass is 377 g/mol. The molecule has 0 radical (unpaired) electrons. The van der Waals surface area contributed by atoms with Crippen molar-refractivity contribution in [2.24, 2.45) is 0 Å². The maximum atomic E-state index is 11.0. The van der Waals surface area contributed by atoms with E-state index in [2.05, 4.69) is 23.5 Å². The van der Waals surface area contributed by atoms with Crippen molar-refractivity contribution in [3.05, 3.63) is 75.9 Å². The molecule has 28 heavy (non-hydrogen) atoms. The smallest absolute Gasteiger partial charge is 0.267 e. The normalized spacial score (nSPS) is 14.2. The Bertz CT molecular complexity index is 984. The first-order valence-corrected chi connectivity index (χ1v) is 9.58. The molecule has 0 aliphatic heterocycles.